The molecule has 0 spiro atoms. The van der Waals surface area contributed by atoms with E-state index in [4.69, 9.17) is 4.74 Å². The summed E-state index contributed by atoms with van der Waals surface area (Å²) in [5, 5.41) is 5.80. The number of fused-ring (bicyclic) bond motifs is 1. The van der Waals surface area contributed by atoms with Crippen LogP contribution in [-0.4, -0.2) is 16.4 Å². The van der Waals surface area contributed by atoms with Crippen LogP contribution in [0, 0.1) is 3.70 Å². The first-order chi connectivity index (χ1) is 8.25. The van der Waals surface area contributed by atoms with Gasteiger partial charge in [0.1, 0.15) is 3.70 Å². The van der Waals surface area contributed by atoms with Crippen LogP contribution < -0.4 is 0 Å². The Bertz CT molecular complexity index is 549. The summed E-state index contributed by atoms with van der Waals surface area (Å²) >= 11 is 5.78. The van der Waals surface area contributed by atoms with Gasteiger partial charge in [-0.1, -0.05) is 15.9 Å². The fourth-order valence-corrected chi connectivity index (χ4v) is 3.24. The van der Waals surface area contributed by atoms with Gasteiger partial charge in [-0.15, -0.1) is 0 Å². The minimum absolute atomic E-state index is 0.107. The summed E-state index contributed by atoms with van der Waals surface area (Å²) < 4.78 is 9.96. The van der Waals surface area contributed by atoms with Crippen LogP contribution in [0.5, 0.6) is 0 Å². The first kappa shape index (κ1) is 11.9. The van der Waals surface area contributed by atoms with Crippen LogP contribution in [0.1, 0.15) is 25.5 Å². The monoisotopic (exact) mass is 406 g/mol. The Balaban J connectivity index is 2.10. The third-order valence-corrected chi connectivity index (χ3v) is 4.34. The van der Waals surface area contributed by atoms with Crippen molar-refractivity contribution >= 4 is 49.4 Å². The molecule has 0 saturated carbocycles. The van der Waals surface area contributed by atoms with Crippen molar-refractivity contribution < 1.29 is 4.74 Å². The highest BCUT2D eigenvalue weighted by molar-refractivity contribution is 14.1. The molecule has 0 amide bonds. The second-order valence-corrected chi connectivity index (χ2v) is 6.16. The maximum atomic E-state index is 5.80. The van der Waals surface area contributed by atoms with Crippen molar-refractivity contribution in [3.8, 4) is 0 Å². The molecule has 2 aromatic rings. The summed E-state index contributed by atoms with van der Waals surface area (Å²) in [7, 11) is 0. The SMILES string of the molecule is Brc1ccc2c(c1)c(I)nn2[C@H]1CCCCO1. The number of halogens is 2. The third kappa shape index (κ3) is 2.24. The molecule has 17 heavy (non-hydrogen) atoms. The topological polar surface area (TPSA) is 27.1 Å². The van der Waals surface area contributed by atoms with Crippen molar-refractivity contribution in [3.05, 3.63) is 26.4 Å². The van der Waals surface area contributed by atoms with E-state index in [0.717, 1.165) is 26.7 Å². The van der Waals surface area contributed by atoms with Crippen molar-refractivity contribution in [2.75, 3.05) is 6.61 Å². The Kier molecular flexibility index (Phi) is 3.40. The molecule has 1 saturated heterocycles. The fourth-order valence-electron chi connectivity index (χ4n) is 2.21. The van der Waals surface area contributed by atoms with Crippen LogP contribution in [0.4, 0.5) is 0 Å². The van der Waals surface area contributed by atoms with E-state index in [2.05, 4.69) is 61.8 Å². The van der Waals surface area contributed by atoms with Crippen molar-refractivity contribution in [2.45, 2.75) is 25.5 Å². The van der Waals surface area contributed by atoms with Gasteiger partial charge in [-0.05, 0) is 60.1 Å². The van der Waals surface area contributed by atoms with E-state index < -0.39 is 0 Å². The first-order valence-corrected chi connectivity index (χ1v) is 7.58. The minimum atomic E-state index is 0.107. The largest absolute Gasteiger partial charge is 0.356 e. The van der Waals surface area contributed by atoms with Crippen molar-refractivity contribution in [1.29, 1.82) is 0 Å². The standard InChI is InChI=1S/C12H12BrIN2O/c13-8-4-5-10-9(7-8)12(14)15-16(10)11-3-1-2-6-17-11/h4-5,7,11H,1-3,6H2/t11-/m1/s1. The van der Waals surface area contributed by atoms with E-state index >= 15 is 0 Å². The lowest BCUT2D eigenvalue weighted by Crippen LogP contribution is -2.19. The number of benzene rings is 1. The zero-order valence-corrected chi connectivity index (χ0v) is 12.9. The van der Waals surface area contributed by atoms with Crippen molar-refractivity contribution in [3.63, 3.8) is 0 Å². The molecule has 0 aliphatic carbocycles. The highest BCUT2D eigenvalue weighted by Gasteiger charge is 2.20. The van der Waals surface area contributed by atoms with Crippen LogP contribution >= 0.6 is 38.5 Å². The Morgan fingerprint density at radius 2 is 2.29 bits per heavy atom. The number of hydrogen-bond donors (Lipinski definition) is 0. The lowest BCUT2D eigenvalue weighted by molar-refractivity contribution is -0.0368. The van der Waals surface area contributed by atoms with Gasteiger partial charge < -0.3 is 4.74 Å². The molecule has 3 rings (SSSR count). The van der Waals surface area contributed by atoms with E-state index in [1.165, 1.54) is 18.2 Å². The zero-order chi connectivity index (χ0) is 11.8. The van der Waals surface area contributed by atoms with Gasteiger partial charge in [0.05, 0.1) is 5.52 Å². The highest BCUT2D eigenvalue weighted by atomic mass is 127. The molecule has 90 valence electrons. The van der Waals surface area contributed by atoms with Gasteiger partial charge >= 0.3 is 0 Å². The Morgan fingerprint density at radius 1 is 1.41 bits per heavy atom. The number of ether oxygens (including phenoxy) is 1. The van der Waals surface area contributed by atoms with Crippen LogP contribution in [0.2, 0.25) is 0 Å². The van der Waals surface area contributed by atoms with Crippen LogP contribution in [0.3, 0.4) is 0 Å². The molecular weight excluding hydrogens is 395 g/mol. The van der Waals surface area contributed by atoms with E-state index in [1.54, 1.807) is 0 Å². The maximum absolute atomic E-state index is 5.80. The quantitative estimate of drug-likeness (QED) is 0.666. The van der Waals surface area contributed by atoms with Gasteiger partial charge in [-0.25, -0.2) is 4.68 Å². The van der Waals surface area contributed by atoms with E-state index in [0.29, 0.717) is 0 Å². The smallest absolute Gasteiger partial charge is 0.150 e. The second kappa shape index (κ2) is 4.85. The van der Waals surface area contributed by atoms with Crippen molar-refractivity contribution in [2.24, 2.45) is 0 Å². The normalized spacial score (nSPS) is 20.9. The first-order valence-electron chi connectivity index (χ1n) is 5.70. The Hall–Kier alpha value is -0.140. The average Bonchev–Trinajstić information content (AvgIpc) is 2.68. The molecule has 2 heterocycles. The fraction of sp³-hybridized carbons (Fsp3) is 0.417. The van der Waals surface area contributed by atoms with Crippen molar-refractivity contribution in [1.82, 2.24) is 9.78 Å². The summed E-state index contributed by atoms with van der Waals surface area (Å²) in [6, 6.07) is 6.27. The summed E-state index contributed by atoms with van der Waals surface area (Å²) in [4.78, 5) is 0. The minimum Gasteiger partial charge on any atom is -0.356 e. The number of hydrogen-bond acceptors (Lipinski definition) is 2. The van der Waals surface area contributed by atoms with Gasteiger partial charge in [0.2, 0.25) is 0 Å². The predicted octanol–water partition coefficient (Wildman–Crippen LogP) is 4.10. The molecule has 1 atom stereocenters. The molecule has 3 nitrogen and oxygen atoms in total. The van der Waals surface area contributed by atoms with E-state index in [1.807, 2.05) is 4.68 Å². The summed E-state index contributed by atoms with van der Waals surface area (Å²) in [5.74, 6) is 0. The molecule has 1 aliphatic rings. The molecular formula is C12H12BrIN2O. The molecule has 0 N–H and O–H groups in total. The second-order valence-electron chi connectivity index (χ2n) is 4.22. The highest BCUT2D eigenvalue weighted by Crippen LogP contribution is 2.30. The molecule has 0 bridgehead atoms. The predicted molar refractivity (Wildman–Crippen MR) is 79.0 cm³/mol. The van der Waals surface area contributed by atoms with Gasteiger partial charge in [-0.3, -0.25) is 0 Å². The van der Waals surface area contributed by atoms with Gasteiger partial charge in [-0.2, -0.15) is 5.10 Å². The Morgan fingerprint density at radius 3 is 3.06 bits per heavy atom. The van der Waals surface area contributed by atoms with Gasteiger partial charge in [0.25, 0.3) is 0 Å². The lowest BCUT2D eigenvalue weighted by atomic mass is 10.2. The summed E-state index contributed by atoms with van der Waals surface area (Å²) in [6.07, 6.45) is 3.55. The number of nitrogens with zero attached hydrogens (tertiary/aromatic N) is 2. The third-order valence-electron chi connectivity index (χ3n) is 3.05. The zero-order valence-electron chi connectivity index (χ0n) is 9.20. The number of rotatable bonds is 1. The molecule has 1 fully saturated rings. The molecule has 5 heteroatoms. The van der Waals surface area contributed by atoms with Crippen LogP contribution in [0.25, 0.3) is 10.9 Å². The van der Waals surface area contributed by atoms with Gasteiger partial charge in [0, 0.05) is 16.5 Å². The lowest BCUT2D eigenvalue weighted by Gasteiger charge is -2.23. The van der Waals surface area contributed by atoms with Crippen LogP contribution in [-0.2, 0) is 4.74 Å². The van der Waals surface area contributed by atoms with E-state index in [-0.39, 0.29) is 6.23 Å². The van der Waals surface area contributed by atoms with Gasteiger partial charge in [0.15, 0.2) is 6.23 Å². The average molecular weight is 407 g/mol. The molecule has 1 aromatic heterocycles. The van der Waals surface area contributed by atoms with E-state index in [9.17, 15) is 0 Å². The number of aromatic nitrogens is 2. The summed E-state index contributed by atoms with van der Waals surface area (Å²) in [6.45, 7) is 0.846. The maximum Gasteiger partial charge on any atom is 0.150 e. The molecule has 0 unspecified atom stereocenters. The Labute approximate surface area is 122 Å². The molecule has 1 aromatic carbocycles. The summed E-state index contributed by atoms with van der Waals surface area (Å²) in [5.41, 5.74) is 1.16. The molecule has 0 radical (unpaired) electrons. The van der Waals surface area contributed by atoms with Crippen LogP contribution in [0.15, 0.2) is 22.7 Å². The molecule has 1 aliphatic heterocycles.